The second-order valence-electron chi connectivity index (χ2n) is 3.58. The first-order valence-electron chi connectivity index (χ1n) is 5.22. The molecule has 3 nitrogen and oxygen atoms in total. The minimum absolute atomic E-state index is 0.134. The van der Waals surface area contributed by atoms with E-state index in [-0.39, 0.29) is 11.9 Å². The molecule has 0 spiro atoms. The minimum Gasteiger partial charge on any atom is -0.345 e. The predicted octanol–water partition coefficient (Wildman–Crippen LogP) is 2.50. The fourth-order valence-corrected chi connectivity index (χ4v) is 1.48. The summed E-state index contributed by atoms with van der Waals surface area (Å²) in [5.74, 6) is -0.134. The van der Waals surface area contributed by atoms with Crippen LogP contribution >= 0.6 is 0 Å². The Morgan fingerprint density at radius 2 is 2.12 bits per heavy atom. The SMILES string of the molecule is C=C(/C=C/C#N)[C@@H](NC(C)=O)c1ccccc1. The number of benzene rings is 1. The first-order valence-corrected chi connectivity index (χ1v) is 5.22. The van der Waals surface area contributed by atoms with Crippen LogP contribution in [0.2, 0.25) is 0 Å². The summed E-state index contributed by atoms with van der Waals surface area (Å²) in [6, 6.07) is 11.1. The molecule has 1 aromatic carbocycles. The van der Waals surface area contributed by atoms with Crippen molar-refractivity contribution in [2.45, 2.75) is 13.0 Å². The molecule has 0 aliphatic carbocycles. The lowest BCUT2D eigenvalue weighted by Crippen LogP contribution is -2.26. The Morgan fingerprint density at radius 1 is 1.47 bits per heavy atom. The summed E-state index contributed by atoms with van der Waals surface area (Å²) in [4.78, 5) is 11.2. The van der Waals surface area contributed by atoms with Crippen LogP contribution in [-0.4, -0.2) is 5.91 Å². The van der Waals surface area contributed by atoms with Gasteiger partial charge in [-0.1, -0.05) is 36.9 Å². The molecule has 17 heavy (non-hydrogen) atoms. The average Bonchev–Trinajstić information content (AvgIpc) is 2.34. The van der Waals surface area contributed by atoms with Crippen molar-refractivity contribution in [2.24, 2.45) is 0 Å². The van der Waals surface area contributed by atoms with Crippen LogP contribution in [-0.2, 0) is 4.79 Å². The van der Waals surface area contributed by atoms with Gasteiger partial charge >= 0.3 is 0 Å². The van der Waals surface area contributed by atoms with Crippen LogP contribution in [0.5, 0.6) is 0 Å². The summed E-state index contributed by atoms with van der Waals surface area (Å²) in [6.07, 6.45) is 2.95. The van der Waals surface area contributed by atoms with E-state index in [9.17, 15) is 4.79 Å². The summed E-state index contributed by atoms with van der Waals surface area (Å²) >= 11 is 0. The molecule has 0 aromatic heterocycles. The van der Waals surface area contributed by atoms with Crippen molar-refractivity contribution in [1.29, 1.82) is 5.26 Å². The van der Waals surface area contributed by atoms with Gasteiger partial charge in [-0.15, -0.1) is 0 Å². The van der Waals surface area contributed by atoms with E-state index in [0.717, 1.165) is 5.56 Å². The fourth-order valence-electron chi connectivity index (χ4n) is 1.48. The number of nitrogens with one attached hydrogen (secondary N) is 1. The van der Waals surface area contributed by atoms with E-state index in [2.05, 4.69) is 11.9 Å². The maximum atomic E-state index is 11.2. The topological polar surface area (TPSA) is 52.9 Å². The quantitative estimate of drug-likeness (QED) is 0.633. The van der Waals surface area contributed by atoms with Crippen molar-refractivity contribution >= 4 is 5.91 Å². The smallest absolute Gasteiger partial charge is 0.217 e. The van der Waals surface area contributed by atoms with Gasteiger partial charge in [-0.3, -0.25) is 4.79 Å². The zero-order valence-electron chi connectivity index (χ0n) is 9.68. The van der Waals surface area contributed by atoms with Crippen molar-refractivity contribution in [3.8, 4) is 6.07 Å². The van der Waals surface area contributed by atoms with E-state index < -0.39 is 0 Å². The van der Waals surface area contributed by atoms with E-state index in [1.165, 1.54) is 13.0 Å². The second-order valence-corrected chi connectivity index (χ2v) is 3.58. The van der Waals surface area contributed by atoms with Gasteiger partial charge in [0.15, 0.2) is 0 Å². The maximum absolute atomic E-state index is 11.2. The van der Waals surface area contributed by atoms with E-state index in [4.69, 9.17) is 5.26 Å². The summed E-state index contributed by atoms with van der Waals surface area (Å²) < 4.78 is 0. The number of hydrogen-bond acceptors (Lipinski definition) is 2. The highest BCUT2D eigenvalue weighted by Gasteiger charge is 2.13. The van der Waals surface area contributed by atoms with Crippen LogP contribution in [0.25, 0.3) is 0 Å². The first kappa shape index (κ1) is 12.7. The molecule has 0 fully saturated rings. The Balaban J connectivity index is 2.97. The molecule has 1 N–H and O–H groups in total. The molecule has 0 heterocycles. The summed E-state index contributed by atoms with van der Waals surface area (Å²) in [7, 11) is 0. The van der Waals surface area contributed by atoms with Crippen LogP contribution in [0, 0.1) is 11.3 Å². The zero-order valence-corrected chi connectivity index (χ0v) is 9.68. The molecule has 86 valence electrons. The van der Waals surface area contributed by atoms with Crippen molar-refractivity contribution < 1.29 is 4.79 Å². The molecule has 1 aromatic rings. The molecule has 3 heteroatoms. The molecule has 0 aliphatic heterocycles. The monoisotopic (exact) mass is 226 g/mol. The molecule has 0 radical (unpaired) electrons. The van der Waals surface area contributed by atoms with Gasteiger partial charge in [0.1, 0.15) is 0 Å². The number of amides is 1. The van der Waals surface area contributed by atoms with Crippen molar-refractivity contribution in [2.75, 3.05) is 0 Å². The first-order chi connectivity index (χ1) is 8.15. The number of hydrogen-bond donors (Lipinski definition) is 1. The zero-order chi connectivity index (χ0) is 12.7. The summed E-state index contributed by atoms with van der Waals surface area (Å²) in [6.45, 7) is 5.32. The summed E-state index contributed by atoms with van der Waals surface area (Å²) in [5.41, 5.74) is 1.61. The largest absolute Gasteiger partial charge is 0.345 e. The van der Waals surface area contributed by atoms with E-state index in [1.807, 2.05) is 36.4 Å². The normalized spacial score (nSPS) is 11.8. The maximum Gasteiger partial charge on any atom is 0.217 e. The van der Waals surface area contributed by atoms with Crippen molar-refractivity contribution in [1.82, 2.24) is 5.32 Å². The Kier molecular flexibility index (Phi) is 4.71. The number of allylic oxidation sites excluding steroid dienone is 1. The van der Waals surface area contributed by atoms with Gasteiger partial charge in [0.25, 0.3) is 0 Å². The van der Waals surface area contributed by atoms with Crippen molar-refractivity contribution in [3.63, 3.8) is 0 Å². The summed E-state index contributed by atoms with van der Waals surface area (Å²) in [5, 5.41) is 11.3. The number of nitriles is 1. The molecule has 1 amide bonds. The highest BCUT2D eigenvalue weighted by atomic mass is 16.1. The Labute approximate surface area is 101 Å². The van der Waals surface area contributed by atoms with Gasteiger partial charge in [0, 0.05) is 13.0 Å². The van der Waals surface area contributed by atoms with Gasteiger partial charge in [-0.2, -0.15) is 5.26 Å². The molecule has 0 saturated heterocycles. The number of carbonyl (C=O) groups excluding carboxylic acids is 1. The lowest BCUT2D eigenvalue weighted by molar-refractivity contribution is -0.119. The number of nitrogens with zero attached hydrogens (tertiary/aromatic N) is 1. The van der Waals surface area contributed by atoms with E-state index in [1.54, 1.807) is 6.08 Å². The molecule has 0 aliphatic rings. The molecule has 1 rings (SSSR count). The van der Waals surface area contributed by atoms with Crippen molar-refractivity contribution in [3.05, 3.63) is 60.2 Å². The third-order valence-corrected chi connectivity index (χ3v) is 2.22. The Bertz CT molecular complexity index is 469. The van der Waals surface area contributed by atoms with Gasteiger partial charge < -0.3 is 5.32 Å². The van der Waals surface area contributed by atoms with Crippen LogP contribution in [0.4, 0.5) is 0 Å². The van der Waals surface area contributed by atoms with E-state index in [0.29, 0.717) is 5.57 Å². The van der Waals surface area contributed by atoms with Gasteiger partial charge in [0.05, 0.1) is 12.1 Å². The molecule has 0 saturated carbocycles. The minimum atomic E-state index is -0.293. The molecule has 0 bridgehead atoms. The van der Waals surface area contributed by atoms with Crippen LogP contribution in [0.1, 0.15) is 18.5 Å². The highest BCUT2D eigenvalue weighted by molar-refractivity contribution is 5.74. The van der Waals surface area contributed by atoms with Crippen LogP contribution < -0.4 is 5.32 Å². The molecule has 1 atom stereocenters. The van der Waals surface area contributed by atoms with Crippen LogP contribution in [0.15, 0.2) is 54.6 Å². The Morgan fingerprint density at radius 3 is 2.65 bits per heavy atom. The number of rotatable bonds is 4. The predicted molar refractivity (Wildman–Crippen MR) is 66.9 cm³/mol. The van der Waals surface area contributed by atoms with Gasteiger partial charge in [0.2, 0.25) is 5.91 Å². The Hall–Kier alpha value is -2.34. The molecule has 0 unspecified atom stereocenters. The van der Waals surface area contributed by atoms with E-state index >= 15 is 0 Å². The van der Waals surface area contributed by atoms with Crippen LogP contribution in [0.3, 0.4) is 0 Å². The lowest BCUT2D eigenvalue weighted by atomic mass is 9.99. The second kappa shape index (κ2) is 6.29. The fraction of sp³-hybridized carbons (Fsp3) is 0.143. The van der Waals surface area contributed by atoms with Gasteiger partial charge in [-0.25, -0.2) is 0 Å². The third-order valence-electron chi connectivity index (χ3n) is 2.22. The standard InChI is InChI=1S/C14H14N2O/c1-11(7-6-10-15)14(16-12(2)17)13-8-4-3-5-9-13/h3-9,14H,1H2,2H3,(H,16,17)/b7-6+/t14-/m1/s1. The molecular weight excluding hydrogens is 212 g/mol. The highest BCUT2D eigenvalue weighted by Crippen LogP contribution is 2.21. The molecular formula is C14H14N2O. The average molecular weight is 226 g/mol. The third kappa shape index (κ3) is 3.96. The van der Waals surface area contributed by atoms with Gasteiger partial charge in [-0.05, 0) is 17.2 Å². The number of carbonyl (C=O) groups is 1. The lowest BCUT2D eigenvalue weighted by Gasteiger charge is -2.18.